The predicted molar refractivity (Wildman–Crippen MR) is 96.6 cm³/mol. The van der Waals surface area contributed by atoms with Gasteiger partial charge in [0.15, 0.2) is 0 Å². The van der Waals surface area contributed by atoms with Crippen molar-refractivity contribution < 1.29 is 9.90 Å². The topological polar surface area (TPSA) is 69.6 Å². The van der Waals surface area contributed by atoms with Crippen molar-refractivity contribution in [1.29, 1.82) is 0 Å². The number of anilines is 1. The number of amides is 1. The lowest BCUT2D eigenvalue weighted by Gasteiger charge is -2.39. The van der Waals surface area contributed by atoms with Gasteiger partial charge in [-0.05, 0) is 43.5 Å². The van der Waals surface area contributed by atoms with Crippen molar-refractivity contribution in [3.8, 4) is 0 Å². The number of hydrogen-bond donors (Lipinski definition) is 1. The summed E-state index contributed by atoms with van der Waals surface area (Å²) in [5, 5.41) is 11.0. The Balaban J connectivity index is 1.79. The SMILES string of the molecule is Cc1ccc(C2(O)CCN(c3ncccc3C(=O)N(C)C)CC2)nc1. The van der Waals surface area contributed by atoms with E-state index in [0.29, 0.717) is 43.0 Å². The molecule has 1 N–H and O–H groups in total. The average molecular weight is 340 g/mol. The summed E-state index contributed by atoms with van der Waals surface area (Å²) < 4.78 is 0. The summed E-state index contributed by atoms with van der Waals surface area (Å²) in [7, 11) is 3.47. The van der Waals surface area contributed by atoms with Gasteiger partial charge in [0.1, 0.15) is 11.4 Å². The minimum Gasteiger partial charge on any atom is -0.383 e. The van der Waals surface area contributed by atoms with Crippen LogP contribution in [0.1, 0.15) is 34.5 Å². The Hall–Kier alpha value is -2.47. The van der Waals surface area contributed by atoms with Crippen LogP contribution < -0.4 is 4.90 Å². The van der Waals surface area contributed by atoms with E-state index < -0.39 is 5.60 Å². The summed E-state index contributed by atoms with van der Waals surface area (Å²) in [5.41, 5.74) is 1.45. The van der Waals surface area contributed by atoms with Gasteiger partial charge in [-0.2, -0.15) is 0 Å². The number of aryl methyl sites for hydroxylation is 1. The molecule has 6 nitrogen and oxygen atoms in total. The van der Waals surface area contributed by atoms with Crippen molar-refractivity contribution in [2.24, 2.45) is 0 Å². The van der Waals surface area contributed by atoms with E-state index in [1.54, 1.807) is 43.5 Å². The largest absolute Gasteiger partial charge is 0.383 e. The maximum absolute atomic E-state index is 12.4. The summed E-state index contributed by atoms with van der Waals surface area (Å²) in [4.78, 5) is 24.8. The molecule has 2 aromatic rings. The molecule has 3 rings (SSSR count). The highest BCUT2D eigenvalue weighted by Gasteiger charge is 2.36. The smallest absolute Gasteiger partial charge is 0.257 e. The van der Waals surface area contributed by atoms with E-state index in [9.17, 15) is 9.90 Å². The number of carbonyl (C=O) groups excluding carboxylic acids is 1. The number of nitrogens with zero attached hydrogens (tertiary/aromatic N) is 4. The average Bonchev–Trinajstić information content (AvgIpc) is 2.62. The van der Waals surface area contributed by atoms with Crippen molar-refractivity contribution in [2.45, 2.75) is 25.4 Å². The van der Waals surface area contributed by atoms with Gasteiger partial charge in [-0.15, -0.1) is 0 Å². The molecule has 0 spiro atoms. The number of carbonyl (C=O) groups is 1. The number of hydrogen-bond acceptors (Lipinski definition) is 5. The molecule has 0 bridgehead atoms. The second kappa shape index (κ2) is 6.80. The fourth-order valence-electron chi connectivity index (χ4n) is 3.14. The van der Waals surface area contributed by atoms with E-state index in [-0.39, 0.29) is 5.91 Å². The fourth-order valence-corrected chi connectivity index (χ4v) is 3.14. The van der Waals surface area contributed by atoms with Gasteiger partial charge < -0.3 is 14.9 Å². The van der Waals surface area contributed by atoms with E-state index in [0.717, 1.165) is 5.56 Å². The molecule has 1 aliphatic rings. The zero-order valence-electron chi connectivity index (χ0n) is 14.9. The number of aliphatic hydroxyl groups is 1. The highest BCUT2D eigenvalue weighted by atomic mass is 16.3. The maximum atomic E-state index is 12.4. The van der Waals surface area contributed by atoms with Gasteiger partial charge in [0.2, 0.25) is 0 Å². The van der Waals surface area contributed by atoms with Crippen molar-refractivity contribution in [3.63, 3.8) is 0 Å². The van der Waals surface area contributed by atoms with Crippen LogP contribution in [-0.2, 0) is 5.60 Å². The number of aromatic nitrogens is 2. The molecule has 132 valence electrons. The monoisotopic (exact) mass is 340 g/mol. The quantitative estimate of drug-likeness (QED) is 0.925. The molecule has 0 saturated carbocycles. The molecule has 3 heterocycles. The molecule has 0 atom stereocenters. The predicted octanol–water partition coefficient (Wildman–Crippen LogP) is 1.97. The molecule has 0 aromatic carbocycles. The Morgan fingerprint density at radius 2 is 1.92 bits per heavy atom. The molecule has 1 aliphatic heterocycles. The Morgan fingerprint density at radius 3 is 2.52 bits per heavy atom. The van der Waals surface area contributed by atoms with E-state index >= 15 is 0 Å². The summed E-state index contributed by atoms with van der Waals surface area (Å²) in [6.45, 7) is 3.22. The lowest BCUT2D eigenvalue weighted by atomic mass is 9.87. The standard InChI is InChI=1S/C19H24N4O2/c1-14-6-7-16(21-13-14)19(25)8-11-23(12-9-19)17-15(5-4-10-20-17)18(24)22(2)3/h4-7,10,13,25H,8-9,11-12H2,1-3H3. The second-order valence-electron chi connectivity index (χ2n) is 6.81. The third kappa shape index (κ3) is 3.49. The highest BCUT2D eigenvalue weighted by molar-refractivity contribution is 5.98. The van der Waals surface area contributed by atoms with E-state index in [2.05, 4.69) is 14.9 Å². The Bertz CT molecular complexity index is 750. The van der Waals surface area contributed by atoms with Gasteiger partial charge in [-0.25, -0.2) is 4.98 Å². The Kier molecular flexibility index (Phi) is 4.72. The van der Waals surface area contributed by atoms with Gasteiger partial charge in [-0.1, -0.05) is 6.07 Å². The third-order valence-corrected chi connectivity index (χ3v) is 4.70. The maximum Gasteiger partial charge on any atom is 0.257 e. The molecular formula is C19H24N4O2. The van der Waals surface area contributed by atoms with Crippen LogP contribution in [-0.4, -0.2) is 53.1 Å². The third-order valence-electron chi connectivity index (χ3n) is 4.70. The van der Waals surface area contributed by atoms with Crippen LogP contribution >= 0.6 is 0 Å². The zero-order valence-corrected chi connectivity index (χ0v) is 14.9. The first-order valence-corrected chi connectivity index (χ1v) is 8.48. The van der Waals surface area contributed by atoms with Crippen LogP contribution in [0.2, 0.25) is 0 Å². The molecule has 25 heavy (non-hydrogen) atoms. The summed E-state index contributed by atoms with van der Waals surface area (Å²) >= 11 is 0. The van der Waals surface area contributed by atoms with Crippen molar-refractivity contribution in [3.05, 3.63) is 53.5 Å². The second-order valence-corrected chi connectivity index (χ2v) is 6.81. The first-order valence-electron chi connectivity index (χ1n) is 8.48. The van der Waals surface area contributed by atoms with Gasteiger partial charge in [0, 0.05) is 39.6 Å². The van der Waals surface area contributed by atoms with Crippen LogP contribution in [0.5, 0.6) is 0 Å². The minimum atomic E-state index is -0.926. The summed E-state index contributed by atoms with van der Waals surface area (Å²) in [6, 6.07) is 7.44. The van der Waals surface area contributed by atoms with E-state index in [1.165, 1.54) is 0 Å². The normalized spacial score (nSPS) is 16.6. The molecule has 0 radical (unpaired) electrons. The lowest BCUT2D eigenvalue weighted by Crippen LogP contribution is -2.44. The van der Waals surface area contributed by atoms with Crippen LogP contribution in [0.4, 0.5) is 5.82 Å². The first-order chi connectivity index (χ1) is 11.9. The summed E-state index contributed by atoms with van der Waals surface area (Å²) in [5.74, 6) is 0.615. The van der Waals surface area contributed by atoms with Gasteiger partial charge >= 0.3 is 0 Å². The molecule has 1 fully saturated rings. The van der Waals surface area contributed by atoms with Gasteiger partial charge in [-0.3, -0.25) is 9.78 Å². The van der Waals surface area contributed by atoms with Crippen LogP contribution in [0, 0.1) is 6.92 Å². The molecular weight excluding hydrogens is 316 g/mol. The van der Waals surface area contributed by atoms with Gasteiger partial charge in [0.05, 0.1) is 11.3 Å². The minimum absolute atomic E-state index is 0.0656. The van der Waals surface area contributed by atoms with Crippen molar-refractivity contribution in [2.75, 3.05) is 32.1 Å². The Labute approximate surface area is 148 Å². The molecule has 0 unspecified atom stereocenters. The van der Waals surface area contributed by atoms with Crippen LogP contribution in [0.15, 0.2) is 36.7 Å². The molecule has 1 amide bonds. The highest BCUT2D eigenvalue weighted by Crippen LogP contribution is 2.34. The number of piperidine rings is 1. The fraction of sp³-hybridized carbons (Fsp3) is 0.421. The first kappa shape index (κ1) is 17.4. The Morgan fingerprint density at radius 1 is 1.20 bits per heavy atom. The number of rotatable bonds is 3. The van der Waals surface area contributed by atoms with E-state index in [1.807, 2.05) is 19.1 Å². The zero-order chi connectivity index (χ0) is 18.0. The summed E-state index contributed by atoms with van der Waals surface area (Å²) in [6.07, 6.45) is 4.58. The lowest BCUT2D eigenvalue weighted by molar-refractivity contribution is 0.00746. The number of pyridine rings is 2. The van der Waals surface area contributed by atoms with Crippen molar-refractivity contribution in [1.82, 2.24) is 14.9 Å². The van der Waals surface area contributed by atoms with Crippen molar-refractivity contribution >= 4 is 11.7 Å². The van der Waals surface area contributed by atoms with E-state index in [4.69, 9.17) is 0 Å². The van der Waals surface area contributed by atoms with Gasteiger partial charge in [0.25, 0.3) is 5.91 Å². The van der Waals surface area contributed by atoms with Crippen LogP contribution in [0.25, 0.3) is 0 Å². The molecule has 1 saturated heterocycles. The van der Waals surface area contributed by atoms with Crippen LogP contribution in [0.3, 0.4) is 0 Å². The molecule has 0 aliphatic carbocycles. The molecule has 2 aromatic heterocycles. The molecule has 6 heteroatoms.